The van der Waals surface area contributed by atoms with Crippen molar-refractivity contribution >= 4 is 27.5 Å². The molecule has 6 heterocycles. The number of fused-ring (bicyclic) bond motifs is 4. The van der Waals surface area contributed by atoms with Crippen LogP contribution in [0.1, 0.15) is 44.2 Å². The van der Waals surface area contributed by atoms with E-state index in [0.717, 1.165) is 61.8 Å². The second kappa shape index (κ2) is 9.77. The van der Waals surface area contributed by atoms with Crippen molar-refractivity contribution in [2.45, 2.75) is 56.5 Å². The predicted octanol–water partition coefficient (Wildman–Crippen LogP) is 5.24. The summed E-state index contributed by atoms with van der Waals surface area (Å²) in [6, 6.07) is 11.3. The van der Waals surface area contributed by atoms with Crippen LogP contribution in [0.3, 0.4) is 0 Å². The third-order valence-corrected chi connectivity index (χ3v) is 9.63. The lowest BCUT2D eigenvalue weighted by atomic mass is 9.95. The van der Waals surface area contributed by atoms with Crippen molar-refractivity contribution in [2.24, 2.45) is 0 Å². The third kappa shape index (κ3) is 4.12. The smallest absolute Gasteiger partial charge is 0.319 e. The van der Waals surface area contributed by atoms with E-state index >= 15 is 4.39 Å². The Balaban J connectivity index is 1.31. The van der Waals surface area contributed by atoms with Gasteiger partial charge in [0.1, 0.15) is 29.4 Å². The molecule has 0 spiro atoms. The van der Waals surface area contributed by atoms with Crippen LogP contribution < -0.4 is 9.64 Å². The van der Waals surface area contributed by atoms with Gasteiger partial charge in [0, 0.05) is 18.7 Å². The Morgan fingerprint density at radius 3 is 2.78 bits per heavy atom. The van der Waals surface area contributed by atoms with Gasteiger partial charge in [0.05, 0.1) is 29.3 Å². The summed E-state index contributed by atoms with van der Waals surface area (Å²) in [5.41, 5.74) is 1.77. The largest absolute Gasteiger partial charge is 0.508 e. The minimum Gasteiger partial charge on any atom is -0.508 e. The maximum Gasteiger partial charge on any atom is 0.319 e. The number of anilines is 1. The molecule has 4 aliphatic heterocycles. The fourth-order valence-electron chi connectivity index (χ4n) is 7.64. The first-order valence-electron chi connectivity index (χ1n) is 14.9. The SMILES string of the molecule is Oc1cc(-c2nc3c4c(nc(OCC56CCCN5CCC6)nc4c2F)N2CCCOCC2CC3)c2ccccc2c1. The zero-order valence-electron chi connectivity index (χ0n) is 23.1. The highest BCUT2D eigenvalue weighted by atomic mass is 19.1. The van der Waals surface area contributed by atoms with Gasteiger partial charge in [-0.1, -0.05) is 24.3 Å². The quantitative estimate of drug-likeness (QED) is 0.366. The Kier molecular flexibility index (Phi) is 6.00. The van der Waals surface area contributed by atoms with Crippen LogP contribution in [0, 0.1) is 5.82 Å². The second-order valence-electron chi connectivity index (χ2n) is 12.0. The molecule has 1 atom stereocenters. The van der Waals surface area contributed by atoms with Crippen LogP contribution in [0.2, 0.25) is 0 Å². The summed E-state index contributed by atoms with van der Waals surface area (Å²) in [7, 11) is 0. The van der Waals surface area contributed by atoms with Gasteiger partial charge in [0.2, 0.25) is 0 Å². The number of ether oxygens (including phenoxy) is 2. The summed E-state index contributed by atoms with van der Waals surface area (Å²) in [5.74, 6) is 0.249. The van der Waals surface area contributed by atoms with E-state index in [-0.39, 0.29) is 34.6 Å². The molecule has 4 aliphatic rings. The molecule has 0 bridgehead atoms. The molecule has 0 amide bonds. The van der Waals surface area contributed by atoms with E-state index in [0.29, 0.717) is 43.0 Å². The van der Waals surface area contributed by atoms with Gasteiger partial charge in [0.25, 0.3) is 0 Å². The van der Waals surface area contributed by atoms with Crippen LogP contribution >= 0.6 is 0 Å². The molecule has 41 heavy (non-hydrogen) atoms. The van der Waals surface area contributed by atoms with Gasteiger partial charge >= 0.3 is 6.01 Å². The van der Waals surface area contributed by atoms with Gasteiger partial charge < -0.3 is 19.5 Å². The Morgan fingerprint density at radius 2 is 1.90 bits per heavy atom. The van der Waals surface area contributed by atoms with E-state index in [1.54, 1.807) is 12.1 Å². The van der Waals surface area contributed by atoms with Crippen molar-refractivity contribution in [2.75, 3.05) is 44.4 Å². The van der Waals surface area contributed by atoms with E-state index in [4.69, 9.17) is 24.4 Å². The number of hydrogen-bond donors (Lipinski definition) is 1. The van der Waals surface area contributed by atoms with E-state index in [1.807, 2.05) is 24.3 Å². The van der Waals surface area contributed by atoms with Gasteiger partial charge in [-0.15, -0.1) is 0 Å². The maximum atomic E-state index is 16.8. The molecule has 212 valence electrons. The second-order valence-corrected chi connectivity index (χ2v) is 12.0. The molecule has 0 saturated carbocycles. The predicted molar refractivity (Wildman–Crippen MR) is 155 cm³/mol. The van der Waals surface area contributed by atoms with Crippen molar-refractivity contribution in [1.29, 1.82) is 0 Å². The summed E-state index contributed by atoms with van der Waals surface area (Å²) in [5, 5.41) is 12.9. The molecule has 0 aliphatic carbocycles. The van der Waals surface area contributed by atoms with Crippen LogP contribution in [0.25, 0.3) is 32.9 Å². The Morgan fingerprint density at radius 1 is 1.05 bits per heavy atom. The lowest BCUT2D eigenvalue weighted by Crippen LogP contribution is -2.43. The third-order valence-electron chi connectivity index (χ3n) is 9.63. The number of aromatic nitrogens is 3. The summed E-state index contributed by atoms with van der Waals surface area (Å²) in [6.45, 7) is 4.79. The standard InChI is InChI=1S/C32H34FN5O3/c33-27-28(24-17-22(39)16-20-6-1-2-7-23(20)24)34-25-9-8-21-18-40-15-5-14-38(21)30-26(25)29(27)35-31(36-30)41-19-32-10-3-12-37(32)13-4-11-32/h1-2,6-7,16-17,21,39H,3-5,8-15,18-19H2. The zero-order valence-corrected chi connectivity index (χ0v) is 23.1. The first kappa shape index (κ1) is 25.2. The van der Waals surface area contributed by atoms with E-state index in [2.05, 4.69) is 9.80 Å². The Labute approximate surface area is 238 Å². The molecule has 3 saturated heterocycles. The molecule has 1 unspecified atom stereocenters. The minimum absolute atomic E-state index is 0.0268. The first-order valence-corrected chi connectivity index (χ1v) is 14.9. The van der Waals surface area contributed by atoms with Crippen LogP contribution in [0.4, 0.5) is 10.2 Å². The molecule has 8 rings (SSSR count). The molecular weight excluding hydrogens is 521 g/mol. The van der Waals surface area contributed by atoms with Crippen molar-refractivity contribution in [3.63, 3.8) is 0 Å². The number of hydrogen-bond acceptors (Lipinski definition) is 8. The maximum absolute atomic E-state index is 16.8. The number of phenolic OH excluding ortho intramolecular Hbond substituents is 1. The number of pyridine rings is 1. The molecule has 8 nitrogen and oxygen atoms in total. The van der Waals surface area contributed by atoms with Crippen molar-refractivity contribution in [3.05, 3.63) is 47.9 Å². The Bertz CT molecular complexity index is 1650. The van der Waals surface area contributed by atoms with E-state index < -0.39 is 5.82 Å². The number of benzene rings is 2. The van der Waals surface area contributed by atoms with Crippen LogP contribution in [0.5, 0.6) is 11.8 Å². The number of aromatic hydroxyl groups is 1. The number of halogens is 1. The number of phenols is 1. The molecule has 2 aromatic heterocycles. The fourth-order valence-corrected chi connectivity index (χ4v) is 7.64. The lowest BCUT2D eigenvalue weighted by Gasteiger charge is -2.32. The van der Waals surface area contributed by atoms with Gasteiger partial charge in [0.15, 0.2) is 5.82 Å². The van der Waals surface area contributed by atoms with Gasteiger partial charge in [-0.05, 0) is 80.9 Å². The number of rotatable bonds is 4. The van der Waals surface area contributed by atoms with E-state index in [9.17, 15) is 5.11 Å². The molecule has 2 aromatic carbocycles. The van der Waals surface area contributed by atoms with Gasteiger partial charge in [-0.3, -0.25) is 4.90 Å². The number of aryl methyl sites for hydroxylation is 1. The van der Waals surface area contributed by atoms with Crippen LogP contribution in [0.15, 0.2) is 36.4 Å². The average molecular weight is 556 g/mol. The average Bonchev–Trinajstić information content (AvgIpc) is 3.42. The van der Waals surface area contributed by atoms with Crippen molar-refractivity contribution in [1.82, 2.24) is 19.9 Å². The fraction of sp³-hybridized carbons (Fsp3) is 0.469. The highest BCUT2D eigenvalue weighted by Crippen LogP contribution is 2.42. The van der Waals surface area contributed by atoms with Crippen LogP contribution in [-0.2, 0) is 11.2 Å². The zero-order chi connectivity index (χ0) is 27.6. The van der Waals surface area contributed by atoms with E-state index in [1.165, 1.54) is 12.8 Å². The molecule has 9 heteroatoms. The molecule has 1 N–H and O–H groups in total. The summed E-state index contributed by atoms with van der Waals surface area (Å²) >= 11 is 0. The van der Waals surface area contributed by atoms with Gasteiger partial charge in [-0.25, -0.2) is 9.37 Å². The highest BCUT2D eigenvalue weighted by Gasteiger charge is 2.45. The molecule has 3 fully saturated rings. The summed E-state index contributed by atoms with van der Waals surface area (Å²) in [4.78, 5) is 19.5. The molecular formula is C32H34FN5O3. The number of nitrogens with zero attached hydrogens (tertiary/aromatic N) is 5. The summed E-state index contributed by atoms with van der Waals surface area (Å²) < 4.78 is 29.1. The topological polar surface area (TPSA) is 83.8 Å². The minimum atomic E-state index is -0.515. The monoisotopic (exact) mass is 555 g/mol. The lowest BCUT2D eigenvalue weighted by molar-refractivity contribution is 0.108. The molecule has 4 aromatic rings. The van der Waals surface area contributed by atoms with Crippen molar-refractivity contribution in [3.8, 4) is 23.0 Å². The normalized spacial score (nSPS) is 22.0. The highest BCUT2D eigenvalue weighted by molar-refractivity contribution is 6.01. The first-order chi connectivity index (χ1) is 20.1. The Hall–Kier alpha value is -3.56. The summed E-state index contributed by atoms with van der Waals surface area (Å²) in [6.07, 6.45) is 6.90. The van der Waals surface area contributed by atoms with Crippen molar-refractivity contribution < 1.29 is 19.0 Å². The van der Waals surface area contributed by atoms with Crippen LogP contribution in [-0.4, -0.2) is 76.0 Å². The molecule has 0 radical (unpaired) electrons. The van der Waals surface area contributed by atoms with Gasteiger partial charge in [-0.2, -0.15) is 9.97 Å².